The van der Waals surface area contributed by atoms with Crippen molar-refractivity contribution in [3.63, 3.8) is 0 Å². The van der Waals surface area contributed by atoms with Crippen LogP contribution < -0.4 is 5.32 Å². The number of carbonyl (C=O) groups is 1. The summed E-state index contributed by atoms with van der Waals surface area (Å²) in [6.45, 7) is 3.93. The molecular formula is C15H26N2O. The van der Waals surface area contributed by atoms with Crippen LogP contribution >= 0.6 is 0 Å². The molecule has 1 saturated heterocycles. The van der Waals surface area contributed by atoms with Crippen molar-refractivity contribution >= 4 is 5.91 Å². The third kappa shape index (κ3) is 3.84. The summed E-state index contributed by atoms with van der Waals surface area (Å²) < 4.78 is 0. The smallest absolute Gasteiger partial charge is 0.239 e. The lowest BCUT2D eigenvalue weighted by atomic mass is 10.0. The maximum Gasteiger partial charge on any atom is 0.239 e. The minimum absolute atomic E-state index is 0.0281. The van der Waals surface area contributed by atoms with Gasteiger partial charge in [0.2, 0.25) is 5.91 Å². The molecule has 0 radical (unpaired) electrons. The van der Waals surface area contributed by atoms with Crippen molar-refractivity contribution in [1.29, 1.82) is 0 Å². The van der Waals surface area contributed by atoms with Crippen LogP contribution in [0.4, 0.5) is 0 Å². The van der Waals surface area contributed by atoms with Crippen molar-refractivity contribution in [2.45, 2.75) is 64.0 Å². The van der Waals surface area contributed by atoms with Crippen LogP contribution in [0, 0.1) is 0 Å². The zero-order valence-corrected chi connectivity index (χ0v) is 11.5. The first kappa shape index (κ1) is 13.6. The molecular weight excluding hydrogens is 224 g/mol. The zero-order valence-electron chi connectivity index (χ0n) is 11.5. The Balaban J connectivity index is 1.81. The van der Waals surface area contributed by atoms with E-state index in [9.17, 15) is 4.79 Å². The van der Waals surface area contributed by atoms with Crippen LogP contribution in [0.2, 0.25) is 0 Å². The maximum atomic E-state index is 12.4. The molecule has 3 heteroatoms. The molecule has 2 rings (SSSR count). The summed E-state index contributed by atoms with van der Waals surface area (Å²) in [4.78, 5) is 14.4. The van der Waals surface area contributed by atoms with Crippen molar-refractivity contribution in [3.8, 4) is 0 Å². The Bertz CT molecular complexity index is 293. The molecule has 2 aliphatic rings. The molecule has 1 amide bonds. The number of amides is 1. The van der Waals surface area contributed by atoms with E-state index in [0.29, 0.717) is 11.9 Å². The first-order valence-corrected chi connectivity index (χ1v) is 7.47. The summed E-state index contributed by atoms with van der Waals surface area (Å²) in [5.41, 5.74) is 0. The number of nitrogens with one attached hydrogen (secondary N) is 1. The number of carbonyl (C=O) groups excluding carboxylic acids is 1. The normalized spacial score (nSPS) is 26.7. The van der Waals surface area contributed by atoms with Crippen molar-refractivity contribution in [2.75, 3.05) is 13.1 Å². The highest BCUT2D eigenvalue weighted by Crippen LogP contribution is 2.14. The first-order valence-electron chi connectivity index (χ1n) is 7.47. The highest BCUT2D eigenvalue weighted by Gasteiger charge is 2.23. The van der Waals surface area contributed by atoms with Crippen LogP contribution in [0.1, 0.15) is 51.9 Å². The predicted octanol–water partition coefficient (Wildman–Crippen LogP) is 2.48. The van der Waals surface area contributed by atoms with E-state index in [1.807, 2.05) is 6.92 Å². The van der Waals surface area contributed by atoms with E-state index in [2.05, 4.69) is 22.4 Å². The summed E-state index contributed by atoms with van der Waals surface area (Å²) in [6, 6.07) is 0.459. The van der Waals surface area contributed by atoms with E-state index >= 15 is 0 Å². The minimum atomic E-state index is -0.0281. The summed E-state index contributed by atoms with van der Waals surface area (Å²) in [5, 5.41) is 3.49. The SMILES string of the molecule is CC(NC1CC=CCC1)C(=O)N1CCCCCC1. The van der Waals surface area contributed by atoms with Crippen LogP contribution in [-0.2, 0) is 4.79 Å². The van der Waals surface area contributed by atoms with Gasteiger partial charge in [0, 0.05) is 19.1 Å². The fourth-order valence-electron chi connectivity index (χ4n) is 2.93. The predicted molar refractivity (Wildman–Crippen MR) is 74.4 cm³/mol. The third-order valence-electron chi connectivity index (χ3n) is 4.04. The molecule has 18 heavy (non-hydrogen) atoms. The lowest BCUT2D eigenvalue weighted by Gasteiger charge is -2.28. The van der Waals surface area contributed by atoms with Gasteiger partial charge < -0.3 is 10.2 Å². The van der Waals surface area contributed by atoms with Gasteiger partial charge in [-0.15, -0.1) is 0 Å². The van der Waals surface area contributed by atoms with Gasteiger partial charge in [-0.05, 0) is 39.0 Å². The summed E-state index contributed by atoms with van der Waals surface area (Å²) in [5.74, 6) is 0.298. The number of rotatable bonds is 3. The van der Waals surface area contributed by atoms with Gasteiger partial charge in [-0.2, -0.15) is 0 Å². The van der Waals surface area contributed by atoms with Gasteiger partial charge in [0.1, 0.15) is 0 Å². The quantitative estimate of drug-likeness (QED) is 0.780. The van der Waals surface area contributed by atoms with E-state index < -0.39 is 0 Å². The average Bonchev–Trinajstić information content (AvgIpc) is 2.68. The minimum Gasteiger partial charge on any atom is -0.341 e. The number of hydrogen-bond donors (Lipinski definition) is 1. The molecule has 2 atom stereocenters. The molecule has 102 valence electrons. The van der Waals surface area contributed by atoms with Gasteiger partial charge in [0.15, 0.2) is 0 Å². The van der Waals surface area contributed by atoms with Gasteiger partial charge in [-0.3, -0.25) is 4.79 Å². The van der Waals surface area contributed by atoms with Crippen LogP contribution in [0.5, 0.6) is 0 Å². The fourth-order valence-corrected chi connectivity index (χ4v) is 2.93. The van der Waals surface area contributed by atoms with Gasteiger partial charge in [-0.25, -0.2) is 0 Å². The Hall–Kier alpha value is -0.830. The van der Waals surface area contributed by atoms with Crippen molar-refractivity contribution in [3.05, 3.63) is 12.2 Å². The monoisotopic (exact) mass is 250 g/mol. The Morgan fingerprint density at radius 3 is 2.56 bits per heavy atom. The molecule has 2 unspecified atom stereocenters. The highest BCUT2D eigenvalue weighted by molar-refractivity contribution is 5.81. The third-order valence-corrected chi connectivity index (χ3v) is 4.04. The van der Waals surface area contributed by atoms with Crippen LogP contribution in [0.25, 0.3) is 0 Å². The standard InChI is InChI=1S/C15H26N2O/c1-13(16-14-9-5-4-6-10-14)15(18)17-11-7-2-3-8-12-17/h4-5,13-14,16H,2-3,6-12H2,1H3. The molecule has 1 fully saturated rings. The second kappa shape index (κ2) is 6.93. The Labute approximate surface area is 111 Å². The summed E-state index contributed by atoms with van der Waals surface area (Å²) in [7, 11) is 0. The molecule has 1 N–H and O–H groups in total. The highest BCUT2D eigenvalue weighted by atomic mass is 16.2. The molecule has 1 aliphatic heterocycles. The topological polar surface area (TPSA) is 32.3 Å². The van der Waals surface area contributed by atoms with Gasteiger partial charge in [0.05, 0.1) is 6.04 Å². The van der Waals surface area contributed by atoms with Crippen molar-refractivity contribution < 1.29 is 4.79 Å². The Kier molecular flexibility index (Phi) is 5.24. The fraction of sp³-hybridized carbons (Fsp3) is 0.800. The van der Waals surface area contributed by atoms with E-state index in [1.165, 1.54) is 25.7 Å². The largest absolute Gasteiger partial charge is 0.341 e. The zero-order chi connectivity index (χ0) is 12.8. The molecule has 0 bridgehead atoms. The number of allylic oxidation sites excluding steroid dienone is 1. The van der Waals surface area contributed by atoms with E-state index in [-0.39, 0.29) is 6.04 Å². The molecule has 0 saturated carbocycles. The van der Waals surface area contributed by atoms with E-state index in [0.717, 1.165) is 32.4 Å². The first-order chi connectivity index (χ1) is 8.77. The van der Waals surface area contributed by atoms with E-state index in [1.54, 1.807) is 0 Å². The second-order valence-corrected chi connectivity index (χ2v) is 5.61. The van der Waals surface area contributed by atoms with Gasteiger partial charge >= 0.3 is 0 Å². The van der Waals surface area contributed by atoms with Crippen molar-refractivity contribution in [1.82, 2.24) is 10.2 Å². The molecule has 1 heterocycles. The Morgan fingerprint density at radius 2 is 1.94 bits per heavy atom. The summed E-state index contributed by atoms with van der Waals surface area (Å²) >= 11 is 0. The van der Waals surface area contributed by atoms with E-state index in [4.69, 9.17) is 0 Å². The number of nitrogens with zero attached hydrogens (tertiary/aromatic N) is 1. The lowest BCUT2D eigenvalue weighted by molar-refractivity contribution is -0.133. The average molecular weight is 250 g/mol. The van der Waals surface area contributed by atoms with Crippen LogP contribution in [-0.4, -0.2) is 36.0 Å². The second-order valence-electron chi connectivity index (χ2n) is 5.61. The molecule has 3 nitrogen and oxygen atoms in total. The van der Waals surface area contributed by atoms with Crippen molar-refractivity contribution in [2.24, 2.45) is 0 Å². The lowest BCUT2D eigenvalue weighted by Crippen LogP contribution is -2.48. The maximum absolute atomic E-state index is 12.4. The van der Waals surface area contributed by atoms with Crippen LogP contribution in [0.3, 0.4) is 0 Å². The van der Waals surface area contributed by atoms with Gasteiger partial charge in [-0.1, -0.05) is 25.0 Å². The number of likely N-dealkylation sites (tertiary alicyclic amines) is 1. The molecule has 0 aromatic rings. The molecule has 1 aliphatic carbocycles. The molecule has 0 aromatic heterocycles. The Morgan fingerprint density at radius 1 is 1.22 bits per heavy atom. The molecule has 0 spiro atoms. The van der Waals surface area contributed by atoms with Crippen LogP contribution in [0.15, 0.2) is 12.2 Å². The number of hydrogen-bond acceptors (Lipinski definition) is 2. The van der Waals surface area contributed by atoms with Gasteiger partial charge in [0.25, 0.3) is 0 Å². The molecule has 0 aromatic carbocycles. The summed E-state index contributed by atoms with van der Waals surface area (Å²) in [6.07, 6.45) is 12.7.